The van der Waals surface area contributed by atoms with Gasteiger partial charge in [0.1, 0.15) is 17.2 Å². The third-order valence-corrected chi connectivity index (χ3v) is 5.32. The molecule has 0 aliphatic heterocycles. The lowest BCUT2D eigenvalue weighted by molar-refractivity contribution is -0.117. The molecule has 2 rings (SSSR count). The molecule has 11 heteroatoms. The summed E-state index contributed by atoms with van der Waals surface area (Å²) in [5, 5.41) is 0. The number of Topliss-reactive ketones (excluding diaryl/α,β-unsaturated/α-hetero) is 1. The molecule has 2 heterocycles. The van der Waals surface area contributed by atoms with Gasteiger partial charge in [0.05, 0.1) is 37.6 Å². The Bertz CT molecular complexity index is 1070. The highest BCUT2D eigenvalue weighted by atomic mass is 16.5. The van der Waals surface area contributed by atoms with E-state index in [0.29, 0.717) is 11.1 Å². The average molecular weight is 505 g/mol. The van der Waals surface area contributed by atoms with Crippen LogP contribution in [0.25, 0.3) is 0 Å². The number of esters is 4. The van der Waals surface area contributed by atoms with Crippen LogP contribution in [-0.4, -0.2) is 66.1 Å². The largest absolute Gasteiger partial charge is 0.462 e. The maximum Gasteiger partial charge on any atom is 0.355 e. The van der Waals surface area contributed by atoms with Gasteiger partial charge in [0.15, 0.2) is 0 Å². The summed E-state index contributed by atoms with van der Waals surface area (Å²) in [4.78, 5) is 68.6. The predicted molar refractivity (Wildman–Crippen MR) is 127 cm³/mol. The third-order valence-electron chi connectivity index (χ3n) is 5.32. The minimum Gasteiger partial charge on any atom is -0.462 e. The van der Waals surface area contributed by atoms with E-state index in [1.165, 1.54) is 0 Å². The Kier molecular flexibility index (Phi) is 10.0. The van der Waals surface area contributed by atoms with Gasteiger partial charge in [-0.3, -0.25) is 4.79 Å². The monoisotopic (exact) mass is 504 g/mol. The number of ether oxygens (including phenoxy) is 4. The summed E-state index contributed by atoms with van der Waals surface area (Å²) >= 11 is 0. The van der Waals surface area contributed by atoms with Crippen molar-refractivity contribution >= 4 is 29.7 Å². The molecule has 2 aromatic rings. The molecule has 36 heavy (non-hydrogen) atoms. The first-order valence-corrected chi connectivity index (χ1v) is 11.7. The Morgan fingerprint density at radius 2 is 0.861 bits per heavy atom. The summed E-state index contributed by atoms with van der Waals surface area (Å²) in [6, 6.07) is 0. The molecule has 0 saturated carbocycles. The Morgan fingerprint density at radius 3 is 1.17 bits per heavy atom. The van der Waals surface area contributed by atoms with Crippen LogP contribution in [0.4, 0.5) is 0 Å². The number of hydrogen-bond donors (Lipinski definition) is 2. The van der Waals surface area contributed by atoms with E-state index in [1.54, 1.807) is 41.5 Å². The SMILES string of the molecule is CCOC(=O)c1[nH]c(CC(=O)Cc2[nH]c(C(=O)OCC)c(C)c2C(=O)OCC)c(C(=O)OCC)c1C. The van der Waals surface area contributed by atoms with Gasteiger partial charge in [-0.25, -0.2) is 19.2 Å². The Morgan fingerprint density at radius 1 is 0.556 bits per heavy atom. The van der Waals surface area contributed by atoms with E-state index in [9.17, 15) is 24.0 Å². The second-order valence-corrected chi connectivity index (χ2v) is 7.73. The van der Waals surface area contributed by atoms with Crippen molar-refractivity contribution < 1.29 is 42.9 Å². The predicted octanol–water partition coefficient (Wildman–Crippen LogP) is 3.02. The maximum absolute atomic E-state index is 13.1. The second kappa shape index (κ2) is 12.7. The van der Waals surface area contributed by atoms with Crippen LogP contribution in [0.1, 0.15) is 91.9 Å². The first kappa shape index (κ1) is 28.3. The maximum atomic E-state index is 13.1. The average Bonchev–Trinajstić information content (AvgIpc) is 3.30. The van der Waals surface area contributed by atoms with Crippen LogP contribution < -0.4 is 0 Å². The molecule has 0 amide bonds. The minimum atomic E-state index is -0.683. The van der Waals surface area contributed by atoms with Gasteiger partial charge in [0.2, 0.25) is 0 Å². The Labute approximate surface area is 208 Å². The molecule has 11 nitrogen and oxygen atoms in total. The summed E-state index contributed by atoms with van der Waals surface area (Å²) in [5.74, 6) is -3.10. The molecule has 0 atom stereocenters. The second-order valence-electron chi connectivity index (χ2n) is 7.73. The van der Waals surface area contributed by atoms with Crippen LogP contribution in [0.15, 0.2) is 0 Å². The first-order valence-electron chi connectivity index (χ1n) is 11.7. The quantitative estimate of drug-likeness (QED) is 0.328. The van der Waals surface area contributed by atoms with Gasteiger partial charge in [-0.05, 0) is 52.7 Å². The van der Waals surface area contributed by atoms with E-state index < -0.39 is 29.7 Å². The number of aromatic amines is 2. The van der Waals surface area contributed by atoms with Gasteiger partial charge in [0.25, 0.3) is 0 Å². The highest BCUT2D eigenvalue weighted by molar-refractivity contribution is 6.01. The van der Waals surface area contributed by atoms with Gasteiger partial charge < -0.3 is 28.9 Å². The van der Waals surface area contributed by atoms with E-state index in [0.717, 1.165) is 0 Å². The zero-order valence-electron chi connectivity index (χ0n) is 21.4. The van der Waals surface area contributed by atoms with Crippen molar-refractivity contribution in [3.8, 4) is 0 Å². The van der Waals surface area contributed by atoms with Gasteiger partial charge in [-0.1, -0.05) is 0 Å². The summed E-state index contributed by atoms with van der Waals surface area (Å²) < 4.78 is 20.3. The molecule has 0 spiro atoms. The van der Waals surface area contributed by atoms with Crippen LogP contribution in [0, 0.1) is 13.8 Å². The number of nitrogens with one attached hydrogen (secondary N) is 2. The zero-order chi connectivity index (χ0) is 27.0. The number of H-pyrrole nitrogens is 2. The van der Waals surface area contributed by atoms with Crippen molar-refractivity contribution in [3.63, 3.8) is 0 Å². The molecule has 0 fully saturated rings. The summed E-state index contributed by atoms with van der Waals surface area (Å²) in [7, 11) is 0. The Balaban J connectivity index is 2.44. The van der Waals surface area contributed by atoms with Crippen molar-refractivity contribution in [2.45, 2.75) is 54.4 Å². The van der Waals surface area contributed by atoms with Crippen LogP contribution in [0.3, 0.4) is 0 Å². The van der Waals surface area contributed by atoms with E-state index >= 15 is 0 Å². The third kappa shape index (κ3) is 6.21. The topological polar surface area (TPSA) is 154 Å². The Hall–Kier alpha value is -3.89. The smallest absolute Gasteiger partial charge is 0.355 e. The molecule has 0 bridgehead atoms. The molecule has 0 aromatic carbocycles. The lowest BCUT2D eigenvalue weighted by Gasteiger charge is -2.07. The molecule has 0 radical (unpaired) electrons. The van der Waals surface area contributed by atoms with Gasteiger partial charge in [-0.15, -0.1) is 0 Å². The lowest BCUT2D eigenvalue weighted by atomic mass is 10.0. The van der Waals surface area contributed by atoms with Crippen molar-refractivity contribution in [2.24, 2.45) is 0 Å². The van der Waals surface area contributed by atoms with Crippen molar-refractivity contribution in [3.05, 3.63) is 45.0 Å². The van der Waals surface area contributed by atoms with Gasteiger partial charge in [-0.2, -0.15) is 0 Å². The fourth-order valence-electron chi connectivity index (χ4n) is 3.81. The molecule has 2 aromatic heterocycles. The van der Waals surface area contributed by atoms with Gasteiger partial charge in [0, 0.05) is 24.2 Å². The molecule has 0 saturated heterocycles. The van der Waals surface area contributed by atoms with Gasteiger partial charge >= 0.3 is 23.9 Å². The van der Waals surface area contributed by atoms with Crippen LogP contribution >= 0.6 is 0 Å². The van der Waals surface area contributed by atoms with Crippen molar-refractivity contribution in [1.82, 2.24) is 9.97 Å². The van der Waals surface area contributed by atoms with Crippen LogP contribution in [0.5, 0.6) is 0 Å². The van der Waals surface area contributed by atoms with Crippen LogP contribution in [0.2, 0.25) is 0 Å². The van der Waals surface area contributed by atoms with Crippen molar-refractivity contribution in [1.29, 1.82) is 0 Å². The minimum absolute atomic E-state index is 0.0511. The number of carbonyl (C=O) groups excluding carboxylic acids is 5. The molecule has 0 aliphatic rings. The highest BCUT2D eigenvalue weighted by Gasteiger charge is 2.29. The van der Waals surface area contributed by atoms with E-state index in [2.05, 4.69) is 9.97 Å². The molecule has 196 valence electrons. The number of rotatable bonds is 12. The summed E-state index contributed by atoms with van der Waals surface area (Å²) in [6.07, 6.45) is -0.549. The number of ketones is 1. The highest BCUT2D eigenvalue weighted by Crippen LogP contribution is 2.24. The fourth-order valence-corrected chi connectivity index (χ4v) is 3.81. The summed E-state index contributed by atoms with van der Waals surface area (Å²) in [6.45, 7) is 10.2. The van der Waals surface area contributed by atoms with E-state index in [1.807, 2.05) is 0 Å². The number of hydrogen-bond acceptors (Lipinski definition) is 9. The standard InChI is InChI=1S/C25H32N2O9/c1-7-33-22(29)18-13(5)20(24(31)35-9-3)26-16(18)11-15(28)12-17-19(23(30)34-8-2)14(6)21(27-17)25(32)36-10-4/h26-27H,7-12H2,1-6H3. The lowest BCUT2D eigenvalue weighted by Crippen LogP contribution is -2.15. The molecule has 2 N–H and O–H groups in total. The number of aromatic nitrogens is 2. The fraction of sp³-hybridized carbons (Fsp3) is 0.480. The van der Waals surface area contributed by atoms with Crippen LogP contribution in [-0.2, 0) is 36.6 Å². The normalized spacial score (nSPS) is 10.6. The van der Waals surface area contributed by atoms with E-state index in [4.69, 9.17) is 18.9 Å². The van der Waals surface area contributed by atoms with Crippen molar-refractivity contribution in [2.75, 3.05) is 26.4 Å². The molecule has 0 unspecified atom stereocenters. The number of carbonyl (C=O) groups is 5. The van der Waals surface area contributed by atoms with E-state index in [-0.39, 0.29) is 73.2 Å². The molecular formula is C25H32N2O9. The first-order chi connectivity index (χ1) is 17.1. The molecular weight excluding hydrogens is 472 g/mol. The summed E-state index contributed by atoms with van der Waals surface area (Å²) in [5.41, 5.74) is 1.24. The zero-order valence-corrected chi connectivity index (χ0v) is 21.4. The molecule has 0 aliphatic carbocycles.